The van der Waals surface area contributed by atoms with E-state index >= 15 is 0 Å². The average molecular weight is 445 g/mol. The Hall–Kier alpha value is -3.73. The van der Waals surface area contributed by atoms with Gasteiger partial charge in [-0.2, -0.15) is 5.26 Å². The Kier molecular flexibility index (Phi) is 5.33. The molecular weight excluding hydrogens is 416 g/mol. The molecule has 3 N–H and O–H groups in total. The highest BCUT2D eigenvalue weighted by Gasteiger charge is 2.36. The number of nitriles is 1. The van der Waals surface area contributed by atoms with Gasteiger partial charge in [0.1, 0.15) is 18.2 Å². The maximum Gasteiger partial charge on any atom is 0.244 e. The summed E-state index contributed by atoms with van der Waals surface area (Å²) in [7, 11) is 0. The molecule has 1 atom stereocenters. The van der Waals surface area contributed by atoms with Gasteiger partial charge in [0.05, 0.1) is 11.4 Å². The molecule has 5 rings (SSSR count). The molecule has 2 aromatic heterocycles. The Balaban J connectivity index is 1.68. The molecule has 8 nitrogen and oxygen atoms in total. The van der Waals surface area contributed by atoms with Crippen molar-refractivity contribution in [2.24, 2.45) is 5.73 Å². The van der Waals surface area contributed by atoms with Crippen LogP contribution in [-0.2, 0) is 17.8 Å². The Morgan fingerprint density at radius 1 is 1.33 bits per heavy atom. The molecule has 1 amide bonds. The summed E-state index contributed by atoms with van der Waals surface area (Å²) in [5.74, 6) is 0.176. The fourth-order valence-corrected chi connectivity index (χ4v) is 5.20. The highest BCUT2D eigenvalue weighted by Crippen LogP contribution is 2.45. The summed E-state index contributed by atoms with van der Waals surface area (Å²) in [6.07, 6.45) is 6.16. The van der Waals surface area contributed by atoms with Crippen molar-refractivity contribution in [3.8, 4) is 11.9 Å². The molecule has 0 radical (unpaired) electrons. The van der Waals surface area contributed by atoms with E-state index in [2.05, 4.69) is 39.9 Å². The Morgan fingerprint density at radius 3 is 2.85 bits per heavy atom. The third-order valence-corrected chi connectivity index (χ3v) is 6.85. The van der Waals surface area contributed by atoms with Crippen molar-refractivity contribution in [2.45, 2.75) is 52.0 Å². The van der Waals surface area contributed by atoms with Crippen LogP contribution in [0.3, 0.4) is 0 Å². The van der Waals surface area contributed by atoms with Gasteiger partial charge in [0.2, 0.25) is 17.7 Å². The normalized spacial score (nSPS) is 18.2. The van der Waals surface area contributed by atoms with Gasteiger partial charge in [0.15, 0.2) is 0 Å². The molecule has 0 saturated carbocycles. The van der Waals surface area contributed by atoms with Gasteiger partial charge in [-0.3, -0.25) is 9.89 Å². The van der Waals surface area contributed by atoms with Crippen molar-refractivity contribution in [3.63, 3.8) is 0 Å². The zero-order valence-corrected chi connectivity index (χ0v) is 19.0. The zero-order chi connectivity index (χ0) is 23.1. The number of likely N-dealkylation sites (tertiary alicyclic amines) is 1. The molecular formula is C25H28N6O2. The number of aromatic amines is 1. The molecule has 0 bridgehead atoms. The fraction of sp³-hybridized carbons (Fsp3) is 0.400. The van der Waals surface area contributed by atoms with Gasteiger partial charge in [0, 0.05) is 35.9 Å². The molecule has 2 aliphatic heterocycles. The van der Waals surface area contributed by atoms with Crippen LogP contribution in [0.15, 0.2) is 35.9 Å². The third-order valence-electron chi connectivity index (χ3n) is 6.85. The first-order valence-corrected chi connectivity index (χ1v) is 11.5. The van der Waals surface area contributed by atoms with Crippen molar-refractivity contribution in [2.75, 3.05) is 13.1 Å². The summed E-state index contributed by atoms with van der Waals surface area (Å²) in [5.41, 5.74) is 11.3. The van der Waals surface area contributed by atoms with Gasteiger partial charge in [-0.05, 0) is 43.7 Å². The van der Waals surface area contributed by atoms with Crippen LogP contribution in [-0.4, -0.2) is 38.7 Å². The van der Waals surface area contributed by atoms with Crippen LogP contribution in [0.2, 0.25) is 0 Å². The summed E-state index contributed by atoms with van der Waals surface area (Å²) >= 11 is 0. The highest BCUT2D eigenvalue weighted by molar-refractivity contribution is 5.90. The summed E-state index contributed by atoms with van der Waals surface area (Å²) in [5, 5.41) is 18.2. The van der Waals surface area contributed by atoms with Crippen LogP contribution in [0.1, 0.15) is 54.5 Å². The number of fused-ring (bicyclic) bond motifs is 2. The highest BCUT2D eigenvalue weighted by atomic mass is 16.5. The minimum atomic E-state index is -0.418. The number of amides is 1. The second kappa shape index (κ2) is 8.32. The van der Waals surface area contributed by atoms with E-state index in [0.29, 0.717) is 11.5 Å². The molecule has 3 aromatic rings. The predicted molar refractivity (Wildman–Crippen MR) is 124 cm³/mol. The Labute approximate surface area is 192 Å². The number of piperidine rings is 1. The SMILES string of the molecule is CCc1cccc2c(C3C(C#N)=C(N)Oc4n[nH]c(C)c43)cn(CC(=O)N3CCCCC3)c12. The minimum absolute atomic E-state index is 0.0680. The number of rotatable bonds is 4. The fourth-order valence-electron chi connectivity index (χ4n) is 5.20. The molecule has 0 aliphatic carbocycles. The lowest BCUT2D eigenvalue weighted by molar-refractivity contribution is -0.132. The lowest BCUT2D eigenvalue weighted by Crippen LogP contribution is -2.37. The molecule has 0 spiro atoms. The van der Waals surface area contributed by atoms with Crippen molar-refractivity contribution < 1.29 is 9.53 Å². The number of H-pyrrole nitrogens is 1. The molecule has 4 heterocycles. The van der Waals surface area contributed by atoms with E-state index in [1.54, 1.807) is 0 Å². The van der Waals surface area contributed by atoms with E-state index in [4.69, 9.17) is 10.5 Å². The van der Waals surface area contributed by atoms with Crippen molar-refractivity contribution in [3.05, 3.63) is 58.2 Å². The van der Waals surface area contributed by atoms with E-state index in [1.165, 1.54) is 6.42 Å². The second-order valence-corrected chi connectivity index (χ2v) is 8.81. The van der Waals surface area contributed by atoms with Gasteiger partial charge in [-0.15, -0.1) is 5.10 Å². The number of aryl methyl sites for hydroxylation is 2. The van der Waals surface area contributed by atoms with E-state index in [-0.39, 0.29) is 18.3 Å². The quantitative estimate of drug-likeness (QED) is 0.640. The summed E-state index contributed by atoms with van der Waals surface area (Å²) in [6.45, 7) is 5.94. The first-order valence-electron chi connectivity index (χ1n) is 11.5. The number of hydrogen-bond donors (Lipinski definition) is 2. The lowest BCUT2D eigenvalue weighted by Gasteiger charge is -2.27. The van der Waals surface area contributed by atoms with Crippen LogP contribution in [0.25, 0.3) is 10.9 Å². The molecule has 170 valence electrons. The zero-order valence-electron chi connectivity index (χ0n) is 19.0. The van der Waals surface area contributed by atoms with Gasteiger partial charge < -0.3 is 19.9 Å². The van der Waals surface area contributed by atoms with Gasteiger partial charge in [-0.1, -0.05) is 25.1 Å². The number of allylic oxidation sites excluding steroid dienone is 1. The summed E-state index contributed by atoms with van der Waals surface area (Å²) in [6, 6.07) is 8.45. The number of hydrogen-bond acceptors (Lipinski definition) is 5. The van der Waals surface area contributed by atoms with Gasteiger partial charge in [-0.25, -0.2) is 0 Å². The van der Waals surface area contributed by atoms with Crippen LogP contribution < -0.4 is 10.5 Å². The number of nitrogens with zero attached hydrogens (tertiary/aromatic N) is 4. The molecule has 33 heavy (non-hydrogen) atoms. The largest absolute Gasteiger partial charge is 0.420 e. The number of para-hydroxylation sites is 1. The lowest BCUT2D eigenvalue weighted by atomic mass is 9.84. The number of carbonyl (C=O) groups is 1. The monoisotopic (exact) mass is 444 g/mol. The number of carbonyl (C=O) groups excluding carboxylic acids is 1. The number of aromatic nitrogens is 3. The predicted octanol–water partition coefficient (Wildman–Crippen LogP) is 3.47. The smallest absolute Gasteiger partial charge is 0.244 e. The van der Waals surface area contributed by atoms with Gasteiger partial charge >= 0.3 is 0 Å². The maximum absolute atomic E-state index is 13.2. The first kappa shape index (κ1) is 21.1. The van der Waals surface area contributed by atoms with Crippen molar-refractivity contribution in [1.29, 1.82) is 5.26 Å². The second-order valence-electron chi connectivity index (χ2n) is 8.81. The summed E-state index contributed by atoms with van der Waals surface area (Å²) < 4.78 is 7.69. The number of nitrogens with two attached hydrogens (primary N) is 1. The van der Waals surface area contributed by atoms with Crippen molar-refractivity contribution in [1.82, 2.24) is 19.7 Å². The third kappa shape index (κ3) is 3.44. The first-order chi connectivity index (χ1) is 16.0. The minimum Gasteiger partial charge on any atom is -0.420 e. The Bertz CT molecular complexity index is 1300. The van der Waals surface area contributed by atoms with Crippen LogP contribution in [0.5, 0.6) is 5.88 Å². The topological polar surface area (TPSA) is 113 Å². The molecule has 2 aliphatic rings. The van der Waals surface area contributed by atoms with E-state index < -0.39 is 5.92 Å². The Morgan fingerprint density at radius 2 is 2.12 bits per heavy atom. The van der Waals surface area contributed by atoms with Crippen LogP contribution >= 0.6 is 0 Å². The van der Waals surface area contributed by atoms with Crippen molar-refractivity contribution >= 4 is 16.8 Å². The molecule has 1 saturated heterocycles. The van der Waals surface area contributed by atoms with Crippen LogP contribution in [0.4, 0.5) is 0 Å². The molecule has 1 aromatic carbocycles. The molecule has 8 heteroatoms. The average Bonchev–Trinajstić information content (AvgIpc) is 3.39. The number of benzene rings is 1. The van der Waals surface area contributed by atoms with E-state index in [0.717, 1.165) is 65.6 Å². The number of ether oxygens (including phenoxy) is 1. The molecule has 1 fully saturated rings. The standard InChI is InChI=1S/C25H28N6O2/c1-3-16-8-7-9-17-19(13-31(23(16)17)14-20(32)30-10-5-4-6-11-30)22-18(12-26)24(27)33-25-21(22)15(2)28-29-25/h7-9,13,22H,3-6,10-11,14,27H2,1-2H3,(H,28,29). The van der Waals surface area contributed by atoms with Gasteiger partial charge in [0.25, 0.3) is 0 Å². The number of nitrogens with one attached hydrogen (secondary N) is 1. The van der Waals surface area contributed by atoms with Crippen LogP contribution in [0, 0.1) is 18.3 Å². The maximum atomic E-state index is 13.2. The van der Waals surface area contributed by atoms with E-state index in [1.807, 2.05) is 24.1 Å². The summed E-state index contributed by atoms with van der Waals surface area (Å²) in [4.78, 5) is 15.1. The van der Waals surface area contributed by atoms with E-state index in [9.17, 15) is 10.1 Å². The molecule has 1 unspecified atom stereocenters.